The standard InChI is InChI=1S/C15H24N2O2/c1-11(2)10-17(9-5-8-16)15(19)13-6-4-7-14(18)12(13)3/h4,6-7,11,18H,5,8-10,16H2,1-3H3. The first-order valence-corrected chi connectivity index (χ1v) is 6.75. The average Bonchev–Trinajstić information content (AvgIpc) is 2.36. The van der Waals surface area contributed by atoms with Crippen LogP contribution in [-0.2, 0) is 0 Å². The molecule has 0 aliphatic carbocycles. The Morgan fingerprint density at radius 1 is 1.42 bits per heavy atom. The summed E-state index contributed by atoms with van der Waals surface area (Å²) in [5.41, 5.74) is 6.72. The summed E-state index contributed by atoms with van der Waals surface area (Å²) < 4.78 is 0. The fourth-order valence-corrected chi connectivity index (χ4v) is 2.02. The highest BCUT2D eigenvalue weighted by molar-refractivity contribution is 5.96. The lowest BCUT2D eigenvalue weighted by molar-refractivity contribution is 0.0734. The van der Waals surface area contributed by atoms with E-state index in [0.717, 1.165) is 6.42 Å². The number of nitrogens with two attached hydrogens (primary N) is 1. The van der Waals surface area contributed by atoms with Gasteiger partial charge in [-0.2, -0.15) is 0 Å². The number of rotatable bonds is 6. The van der Waals surface area contributed by atoms with E-state index in [4.69, 9.17) is 5.73 Å². The number of carbonyl (C=O) groups is 1. The van der Waals surface area contributed by atoms with Gasteiger partial charge in [0.1, 0.15) is 5.75 Å². The molecule has 0 aromatic heterocycles. The van der Waals surface area contributed by atoms with E-state index in [1.165, 1.54) is 0 Å². The first kappa shape index (κ1) is 15.5. The van der Waals surface area contributed by atoms with Crippen LogP contribution in [0, 0.1) is 12.8 Å². The number of amides is 1. The smallest absolute Gasteiger partial charge is 0.254 e. The number of hydrogen-bond acceptors (Lipinski definition) is 3. The molecule has 1 aromatic rings. The van der Waals surface area contributed by atoms with Gasteiger partial charge in [-0.05, 0) is 37.9 Å². The van der Waals surface area contributed by atoms with Crippen LogP contribution in [-0.4, -0.2) is 35.5 Å². The monoisotopic (exact) mass is 264 g/mol. The highest BCUT2D eigenvalue weighted by Crippen LogP contribution is 2.21. The fraction of sp³-hybridized carbons (Fsp3) is 0.533. The van der Waals surface area contributed by atoms with E-state index in [1.54, 1.807) is 25.1 Å². The van der Waals surface area contributed by atoms with Gasteiger partial charge in [0, 0.05) is 24.2 Å². The Balaban J connectivity index is 2.94. The van der Waals surface area contributed by atoms with Gasteiger partial charge in [0.05, 0.1) is 0 Å². The van der Waals surface area contributed by atoms with Crippen LogP contribution in [0.2, 0.25) is 0 Å². The van der Waals surface area contributed by atoms with Crippen molar-refractivity contribution in [2.45, 2.75) is 27.2 Å². The van der Waals surface area contributed by atoms with Gasteiger partial charge in [0.15, 0.2) is 0 Å². The minimum absolute atomic E-state index is 0.0319. The molecule has 0 heterocycles. The van der Waals surface area contributed by atoms with Crippen molar-refractivity contribution >= 4 is 5.91 Å². The molecule has 0 saturated heterocycles. The van der Waals surface area contributed by atoms with E-state index in [0.29, 0.717) is 36.7 Å². The molecule has 0 saturated carbocycles. The van der Waals surface area contributed by atoms with Gasteiger partial charge in [-0.25, -0.2) is 0 Å². The molecule has 0 atom stereocenters. The first-order valence-electron chi connectivity index (χ1n) is 6.75. The number of aromatic hydroxyl groups is 1. The minimum atomic E-state index is -0.0319. The number of nitrogens with zero attached hydrogens (tertiary/aromatic N) is 1. The highest BCUT2D eigenvalue weighted by Gasteiger charge is 2.19. The maximum Gasteiger partial charge on any atom is 0.254 e. The molecule has 0 radical (unpaired) electrons. The van der Waals surface area contributed by atoms with Crippen LogP contribution >= 0.6 is 0 Å². The van der Waals surface area contributed by atoms with E-state index in [-0.39, 0.29) is 11.7 Å². The van der Waals surface area contributed by atoms with Crippen LogP contribution in [0.25, 0.3) is 0 Å². The Morgan fingerprint density at radius 3 is 2.68 bits per heavy atom. The maximum absolute atomic E-state index is 12.5. The third kappa shape index (κ3) is 4.24. The van der Waals surface area contributed by atoms with Gasteiger partial charge in [-0.3, -0.25) is 4.79 Å². The summed E-state index contributed by atoms with van der Waals surface area (Å²) in [5, 5.41) is 9.70. The molecule has 3 N–H and O–H groups in total. The zero-order valence-electron chi connectivity index (χ0n) is 12.0. The summed E-state index contributed by atoms with van der Waals surface area (Å²) in [7, 11) is 0. The van der Waals surface area contributed by atoms with Gasteiger partial charge in [-0.1, -0.05) is 19.9 Å². The zero-order chi connectivity index (χ0) is 14.4. The van der Waals surface area contributed by atoms with Crippen LogP contribution < -0.4 is 5.73 Å². The largest absolute Gasteiger partial charge is 0.508 e. The maximum atomic E-state index is 12.5. The lowest BCUT2D eigenvalue weighted by Crippen LogP contribution is -2.36. The van der Waals surface area contributed by atoms with Crippen molar-refractivity contribution in [3.05, 3.63) is 29.3 Å². The van der Waals surface area contributed by atoms with E-state index in [2.05, 4.69) is 13.8 Å². The predicted octanol–water partition coefficient (Wildman–Crippen LogP) is 2.15. The Morgan fingerprint density at radius 2 is 2.11 bits per heavy atom. The molecule has 4 heteroatoms. The summed E-state index contributed by atoms with van der Waals surface area (Å²) in [5.74, 6) is 0.532. The van der Waals surface area contributed by atoms with Crippen LogP contribution in [0.4, 0.5) is 0 Å². The molecule has 0 spiro atoms. The van der Waals surface area contributed by atoms with E-state index >= 15 is 0 Å². The van der Waals surface area contributed by atoms with E-state index in [1.807, 2.05) is 4.90 Å². The summed E-state index contributed by atoms with van der Waals surface area (Å²) >= 11 is 0. The lowest BCUT2D eigenvalue weighted by Gasteiger charge is -2.25. The second-order valence-electron chi connectivity index (χ2n) is 5.24. The van der Waals surface area contributed by atoms with Crippen LogP contribution in [0.3, 0.4) is 0 Å². The van der Waals surface area contributed by atoms with Crippen molar-refractivity contribution < 1.29 is 9.90 Å². The minimum Gasteiger partial charge on any atom is -0.508 e. The summed E-state index contributed by atoms with van der Waals surface area (Å²) in [6.07, 6.45) is 0.788. The van der Waals surface area contributed by atoms with Gasteiger partial charge < -0.3 is 15.7 Å². The quantitative estimate of drug-likeness (QED) is 0.827. The Bertz CT molecular complexity index is 430. The third-order valence-electron chi connectivity index (χ3n) is 3.04. The molecule has 19 heavy (non-hydrogen) atoms. The summed E-state index contributed by atoms with van der Waals surface area (Å²) in [6.45, 7) is 7.85. The fourth-order valence-electron chi connectivity index (χ4n) is 2.02. The predicted molar refractivity (Wildman–Crippen MR) is 77.3 cm³/mol. The van der Waals surface area contributed by atoms with Gasteiger partial charge >= 0.3 is 0 Å². The van der Waals surface area contributed by atoms with E-state index in [9.17, 15) is 9.90 Å². The number of benzene rings is 1. The molecular formula is C15H24N2O2. The molecule has 0 aliphatic rings. The normalized spacial score (nSPS) is 10.8. The topological polar surface area (TPSA) is 66.6 Å². The second-order valence-corrected chi connectivity index (χ2v) is 5.24. The zero-order valence-corrected chi connectivity index (χ0v) is 12.0. The molecular weight excluding hydrogens is 240 g/mol. The van der Waals surface area contributed by atoms with Crippen molar-refractivity contribution in [3.63, 3.8) is 0 Å². The van der Waals surface area contributed by atoms with Crippen molar-refractivity contribution in [1.82, 2.24) is 4.90 Å². The number of hydrogen-bond donors (Lipinski definition) is 2. The molecule has 1 aromatic carbocycles. The number of phenolic OH excluding ortho intramolecular Hbond substituents is 1. The van der Waals surface area contributed by atoms with Gasteiger partial charge in [0.2, 0.25) is 0 Å². The SMILES string of the molecule is Cc1c(O)cccc1C(=O)N(CCCN)CC(C)C. The van der Waals surface area contributed by atoms with Crippen LogP contribution in [0.15, 0.2) is 18.2 Å². The average molecular weight is 264 g/mol. The van der Waals surface area contributed by atoms with Crippen molar-refractivity contribution in [1.29, 1.82) is 0 Å². The molecule has 106 valence electrons. The third-order valence-corrected chi connectivity index (χ3v) is 3.04. The van der Waals surface area contributed by atoms with E-state index < -0.39 is 0 Å². The van der Waals surface area contributed by atoms with Crippen molar-refractivity contribution in [3.8, 4) is 5.75 Å². The molecule has 0 unspecified atom stereocenters. The van der Waals surface area contributed by atoms with Gasteiger partial charge in [-0.15, -0.1) is 0 Å². The molecule has 0 fully saturated rings. The molecule has 0 aliphatic heterocycles. The van der Waals surface area contributed by atoms with Crippen LogP contribution in [0.5, 0.6) is 5.75 Å². The second kappa shape index (κ2) is 7.14. The van der Waals surface area contributed by atoms with Gasteiger partial charge in [0.25, 0.3) is 5.91 Å². The first-order chi connectivity index (χ1) is 8.97. The number of carbonyl (C=O) groups excluding carboxylic acids is 1. The molecule has 1 rings (SSSR count). The Labute approximate surface area is 115 Å². The molecule has 4 nitrogen and oxygen atoms in total. The summed E-state index contributed by atoms with van der Waals surface area (Å²) in [4.78, 5) is 14.4. The summed E-state index contributed by atoms with van der Waals surface area (Å²) in [6, 6.07) is 5.05. The Hall–Kier alpha value is -1.55. The van der Waals surface area contributed by atoms with Crippen LogP contribution in [0.1, 0.15) is 36.2 Å². The number of phenols is 1. The van der Waals surface area contributed by atoms with Crippen molar-refractivity contribution in [2.75, 3.05) is 19.6 Å². The molecule has 1 amide bonds. The highest BCUT2D eigenvalue weighted by atomic mass is 16.3. The Kier molecular flexibility index (Phi) is 5.83. The van der Waals surface area contributed by atoms with Crippen molar-refractivity contribution in [2.24, 2.45) is 11.7 Å². The lowest BCUT2D eigenvalue weighted by atomic mass is 10.1. The molecule has 0 bridgehead atoms.